The van der Waals surface area contributed by atoms with Crippen LogP contribution >= 0.6 is 0 Å². The minimum Gasteiger partial charge on any atom is -0.491 e. The van der Waals surface area contributed by atoms with Gasteiger partial charge in [-0.3, -0.25) is 4.90 Å². The normalized spacial score (nSPS) is 15.2. The van der Waals surface area contributed by atoms with Crippen LogP contribution in [0.15, 0.2) is 46.9 Å². The fraction of sp³-hybridized carbons (Fsp3) is 0.273. The Balaban J connectivity index is 1.78. The van der Waals surface area contributed by atoms with E-state index >= 15 is 0 Å². The first kappa shape index (κ1) is 15.4. The number of furan rings is 1. The third-order valence-electron chi connectivity index (χ3n) is 5.02. The molecule has 0 N–H and O–H groups in total. The van der Waals surface area contributed by atoms with E-state index in [-0.39, 0.29) is 0 Å². The van der Waals surface area contributed by atoms with E-state index in [0.29, 0.717) is 12.5 Å². The number of benzene rings is 2. The van der Waals surface area contributed by atoms with Crippen molar-refractivity contribution in [1.29, 1.82) is 0 Å². The maximum absolute atomic E-state index is 6.09. The third-order valence-corrected chi connectivity index (χ3v) is 5.02. The quantitative estimate of drug-likeness (QED) is 0.575. The van der Waals surface area contributed by atoms with Gasteiger partial charge in [0, 0.05) is 11.6 Å². The van der Waals surface area contributed by atoms with Gasteiger partial charge in [-0.15, -0.1) is 0 Å². The van der Waals surface area contributed by atoms with Crippen molar-refractivity contribution in [3.8, 4) is 11.5 Å². The Labute approximate surface area is 153 Å². The van der Waals surface area contributed by atoms with Gasteiger partial charge in [0.15, 0.2) is 5.75 Å². The predicted molar refractivity (Wildman–Crippen MR) is 101 cm³/mol. The van der Waals surface area contributed by atoms with Crippen LogP contribution in [-0.2, 0) is 13.0 Å². The Hall–Kier alpha value is -2.88. The lowest BCUT2D eigenvalue weighted by Crippen LogP contribution is -2.16. The molecule has 0 unspecified atom stereocenters. The molecular formula is C22H21NO3. The molecule has 0 saturated heterocycles. The molecule has 5 rings (SSSR count). The SMILES string of the molecule is Cc1ccc2c(c1)COc1cc(C)oc1N2c1cccc2c1OCCC2. The second kappa shape index (κ2) is 5.84. The van der Waals surface area contributed by atoms with Crippen LogP contribution < -0.4 is 14.4 Å². The highest BCUT2D eigenvalue weighted by Crippen LogP contribution is 2.50. The van der Waals surface area contributed by atoms with Gasteiger partial charge in [0.2, 0.25) is 5.88 Å². The largest absolute Gasteiger partial charge is 0.491 e. The highest BCUT2D eigenvalue weighted by atomic mass is 16.5. The van der Waals surface area contributed by atoms with E-state index in [1.807, 2.05) is 13.0 Å². The van der Waals surface area contributed by atoms with E-state index in [1.165, 1.54) is 11.1 Å². The van der Waals surface area contributed by atoms with Crippen molar-refractivity contribution in [3.05, 3.63) is 64.9 Å². The Bertz CT molecular complexity index is 989. The molecule has 2 aliphatic heterocycles. The molecule has 26 heavy (non-hydrogen) atoms. The molecule has 2 aromatic carbocycles. The number of hydrogen-bond acceptors (Lipinski definition) is 4. The summed E-state index contributed by atoms with van der Waals surface area (Å²) in [5, 5.41) is 0. The molecule has 0 bridgehead atoms. The van der Waals surface area contributed by atoms with Crippen LogP contribution in [-0.4, -0.2) is 6.61 Å². The highest BCUT2D eigenvalue weighted by Gasteiger charge is 2.30. The Morgan fingerprint density at radius 3 is 2.77 bits per heavy atom. The molecule has 2 aliphatic rings. The summed E-state index contributed by atoms with van der Waals surface area (Å²) in [5.74, 6) is 3.27. The second-order valence-electron chi connectivity index (χ2n) is 7.00. The zero-order valence-corrected chi connectivity index (χ0v) is 15.0. The summed E-state index contributed by atoms with van der Waals surface area (Å²) >= 11 is 0. The summed E-state index contributed by atoms with van der Waals surface area (Å²) in [4.78, 5) is 2.15. The number of rotatable bonds is 1. The van der Waals surface area contributed by atoms with Crippen molar-refractivity contribution < 1.29 is 13.9 Å². The fourth-order valence-electron chi connectivity index (χ4n) is 3.84. The molecule has 0 aliphatic carbocycles. The molecule has 0 radical (unpaired) electrons. The second-order valence-corrected chi connectivity index (χ2v) is 7.00. The van der Waals surface area contributed by atoms with Crippen LogP contribution in [0.4, 0.5) is 17.3 Å². The summed E-state index contributed by atoms with van der Waals surface area (Å²) in [6.45, 7) is 5.32. The van der Waals surface area contributed by atoms with Gasteiger partial charge >= 0.3 is 0 Å². The predicted octanol–water partition coefficient (Wildman–Crippen LogP) is 5.58. The first-order valence-electron chi connectivity index (χ1n) is 9.08. The lowest BCUT2D eigenvalue weighted by atomic mass is 10.0. The van der Waals surface area contributed by atoms with Crippen molar-refractivity contribution >= 4 is 17.3 Å². The summed E-state index contributed by atoms with van der Waals surface area (Å²) in [5.41, 5.74) is 5.69. The lowest BCUT2D eigenvalue weighted by Gasteiger charge is -2.28. The van der Waals surface area contributed by atoms with Gasteiger partial charge in [-0.05, 0) is 44.4 Å². The van der Waals surface area contributed by atoms with E-state index in [2.05, 4.69) is 48.2 Å². The van der Waals surface area contributed by atoms with Gasteiger partial charge in [-0.1, -0.05) is 29.8 Å². The molecule has 3 heterocycles. The van der Waals surface area contributed by atoms with Gasteiger partial charge in [0.1, 0.15) is 18.1 Å². The zero-order valence-electron chi connectivity index (χ0n) is 15.0. The first-order chi connectivity index (χ1) is 12.7. The van der Waals surface area contributed by atoms with Gasteiger partial charge < -0.3 is 13.9 Å². The summed E-state index contributed by atoms with van der Waals surface area (Å²) in [7, 11) is 0. The van der Waals surface area contributed by atoms with Crippen molar-refractivity contribution in [2.45, 2.75) is 33.3 Å². The number of ether oxygens (including phenoxy) is 2. The Morgan fingerprint density at radius 2 is 1.85 bits per heavy atom. The summed E-state index contributed by atoms with van der Waals surface area (Å²) in [6.07, 6.45) is 2.10. The topological polar surface area (TPSA) is 34.8 Å². The molecule has 4 nitrogen and oxygen atoms in total. The molecule has 132 valence electrons. The van der Waals surface area contributed by atoms with E-state index < -0.39 is 0 Å². The molecule has 0 fully saturated rings. The van der Waals surface area contributed by atoms with Crippen LogP contribution in [0.3, 0.4) is 0 Å². The van der Waals surface area contributed by atoms with E-state index in [1.54, 1.807) is 0 Å². The average molecular weight is 347 g/mol. The maximum Gasteiger partial charge on any atom is 0.247 e. The van der Waals surface area contributed by atoms with Crippen LogP contribution in [0.5, 0.6) is 11.5 Å². The first-order valence-corrected chi connectivity index (χ1v) is 9.08. The number of nitrogens with zero attached hydrogens (tertiary/aromatic N) is 1. The molecule has 4 heteroatoms. The molecule has 0 amide bonds. The van der Waals surface area contributed by atoms with E-state index in [0.717, 1.165) is 53.6 Å². The lowest BCUT2D eigenvalue weighted by molar-refractivity contribution is 0.289. The van der Waals surface area contributed by atoms with Gasteiger partial charge in [-0.2, -0.15) is 0 Å². The minimum atomic E-state index is 0.523. The molecule has 0 spiro atoms. The third kappa shape index (κ3) is 2.37. The Kier molecular flexibility index (Phi) is 3.45. The fourth-order valence-corrected chi connectivity index (χ4v) is 3.84. The Morgan fingerprint density at radius 1 is 0.923 bits per heavy atom. The molecule has 1 aromatic heterocycles. The smallest absolute Gasteiger partial charge is 0.247 e. The number of anilines is 3. The summed E-state index contributed by atoms with van der Waals surface area (Å²) in [6, 6.07) is 14.7. The standard InChI is InChI=1S/C22H21NO3/c1-14-8-9-18-17(11-14)13-25-20-12-15(2)26-22(20)23(18)19-7-3-5-16-6-4-10-24-21(16)19/h3,5,7-9,11-12H,4,6,10,13H2,1-2H3. The average Bonchev–Trinajstić information content (AvgIpc) is 2.95. The van der Waals surface area contributed by atoms with Crippen molar-refractivity contribution in [1.82, 2.24) is 0 Å². The zero-order chi connectivity index (χ0) is 17.7. The minimum absolute atomic E-state index is 0.523. The maximum atomic E-state index is 6.09. The van der Waals surface area contributed by atoms with Crippen molar-refractivity contribution in [2.24, 2.45) is 0 Å². The van der Waals surface area contributed by atoms with Gasteiger partial charge in [-0.25, -0.2) is 0 Å². The van der Waals surface area contributed by atoms with Crippen LogP contribution in [0.2, 0.25) is 0 Å². The number of aryl methyl sites for hydroxylation is 3. The monoisotopic (exact) mass is 347 g/mol. The van der Waals surface area contributed by atoms with E-state index in [4.69, 9.17) is 13.9 Å². The highest BCUT2D eigenvalue weighted by molar-refractivity contribution is 5.83. The van der Waals surface area contributed by atoms with Crippen LogP contribution in [0, 0.1) is 13.8 Å². The van der Waals surface area contributed by atoms with Crippen molar-refractivity contribution in [2.75, 3.05) is 11.5 Å². The van der Waals surface area contributed by atoms with E-state index in [9.17, 15) is 0 Å². The van der Waals surface area contributed by atoms with Crippen LogP contribution in [0.1, 0.15) is 28.9 Å². The van der Waals surface area contributed by atoms with Gasteiger partial charge in [0.25, 0.3) is 0 Å². The molecule has 0 saturated carbocycles. The summed E-state index contributed by atoms with van der Waals surface area (Å²) < 4.78 is 18.2. The molecule has 0 atom stereocenters. The molecular weight excluding hydrogens is 326 g/mol. The number of hydrogen-bond donors (Lipinski definition) is 0. The van der Waals surface area contributed by atoms with Crippen LogP contribution in [0.25, 0.3) is 0 Å². The van der Waals surface area contributed by atoms with Gasteiger partial charge in [0.05, 0.1) is 18.0 Å². The number of para-hydroxylation sites is 1. The number of fused-ring (bicyclic) bond motifs is 3. The van der Waals surface area contributed by atoms with Crippen molar-refractivity contribution in [3.63, 3.8) is 0 Å². The molecule has 3 aromatic rings.